The number of phenols is 1. The van der Waals surface area contributed by atoms with E-state index in [2.05, 4.69) is 9.97 Å². The summed E-state index contributed by atoms with van der Waals surface area (Å²) in [5, 5.41) is 11.7. The molecule has 32 heavy (non-hydrogen) atoms. The summed E-state index contributed by atoms with van der Waals surface area (Å²) >= 11 is 0. The van der Waals surface area contributed by atoms with E-state index in [0.717, 1.165) is 21.9 Å². The molecule has 7 heteroatoms. The van der Waals surface area contributed by atoms with Gasteiger partial charge in [0.25, 0.3) is 5.91 Å². The van der Waals surface area contributed by atoms with Crippen LogP contribution in [0.2, 0.25) is 0 Å². The maximum absolute atomic E-state index is 13.7. The molecule has 0 unspecified atom stereocenters. The van der Waals surface area contributed by atoms with Gasteiger partial charge in [0.2, 0.25) is 0 Å². The molecule has 2 heterocycles. The number of hydrogen-bond acceptors (Lipinski definition) is 6. The van der Waals surface area contributed by atoms with Crippen LogP contribution in [0.4, 0.5) is 0 Å². The highest BCUT2D eigenvalue weighted by Gasteiger charge is 2.22. The van der Waals surface area contributed by atoms with E-state index in [1.807, 2.05) is 42.5 Å². The number of aromatic nitrogens is 2. The summed E-state index contributed by atoms with van der Waals surface area (Å²) in [6.07, 6.45) is 5.72. The number of carbonyl (C=O) groups excluding carboxylic acids is 1. The molecule has 5 rings (SSSR count). The molecule has 0 aliphatic rings. The van der Waals surface area contributed by atoms with Crippen LogP contribution >= 0.6 is 0 Å². The molecule has 0 fully saturated rings. The zero-order valence-corrected chi connectivity index (χ0v) is 17.0. The van der Waals surface area contributed by atoms with Gasteiger partial charge in [-0.15, -0.1) is 0 Å². The molecule has 0 saturated heterocycles. The number of oxazole rings is 2. The molecule has 0 radical (unpaired) electrons. The summed E-state index contributed by atoms with van der Waals surface area (Å²) in [5.74, 6) is 0.0350. The first-order valence-corrected chi connectivity index (χ1v) is 10.0. The maximum Gasteiger partial charge on any atom is 0.255 e. The fourth-order valence-corrected chi connectivity index (χ4v) is 3.80. The van der Waals surface area contributed by atoms with Gasteiger partial charge in [-0.2, -0.15) is 0 Å². The van der Waals surface area contributed by atoms with Gasteiger partial charge in [-0.05, 0) is 40.1 Å². The Hall–Kier alpha value is -4.39. The van der Waals surface area contributed by atoms with Crippen molar-refractivity contribution in [2.45, 2.75) is 13.1 Å². The molecule has 1 amide bonds. The van der Waals surface area contributed by atoms with Crippen LogP contribution < -0.4 is 0 Å². The molecular weight excluding hydrogens is 406 g/mol. The van der Waals surface area contributed by atoms with Crippen LogP contribution in [0.1, 0.15) is 21.7 Å². The molecule has 7 nitrogen and oxygen atoms in total. The minimum atomic E-state index is -0.158. The van der Waals surface area contributed by atoms with Crippen LogP contribution in [0.15, 0.2) is 94.8 Å². The van der Waals surface area contributed by atoms with Crippen molar-refractivity contribution in [2.24, 2.45) is 0 Å². The highest BCUT2D eigenvalue weighted by molar-refractivity contribution is 6.11. The number of hydrogen-bond donors (Lipinski definition) is 1. The molecule has 2 aromatic heterocycles. The number of carbonyl (C=O) groups is 1. The quantitative estimate of drug-likeness (QED) is 0.410. The molecule has 0 bridgehead atoms. The molecular formula is C25H19N3O4. The Balaban J connectivity index is 1.57. The van der Waals surface area contributed by atoms with Gasteiger partial charge in [-0.3, -0.25) is 4.79 Å². The van der Waals surface area contributed by atoms with Gasteiger partial charge in [-0.1, -0.05) is 42.5 Å². The fourth-order valence-electron chi connectivity index (χ4n) is 3.80. The van der Waals surface area contributed by atoms with Crippen molar-refractivity contribution in [1.29, 1.82) is 0 Å². The lowest BCUT2D eigenvalue weighted by Gasteiger charge is -2.22. The van der Waals surface area contributed by atoms with E-state index in [9.17, 15) is 9.90 Å². The zero-order valence-electron chi connectivity index (χ0n) is 17.0. The van der Waals surface area contributed by atoms with Crippen molar-refractivity contribution in [3.8, 4) is 16.9 Å². The van der Waals surface area contributed by atoms with Crippen molar-refractivity contribution in [1.82, 2.24) is 14.9 Å². The molecule has 158 valence electrons. The smallest absolute Gasteiger partial charge is 0.255 e. The van der Waals surface area contributed by atoms with Crippen LogP contribution in [-0.4, -0.2) is 25.9 Å². The van der Waals surface area contributed by atoms with Crippen LogP contribution in [0.3, 0.4) is 0 Å². The first-order chi connectivity index (χ1) is 15.7. The summed E-state index contributed by atoms with van der Waals surface area (Å²) in [4.78, 5) is 23.7. The van der Waals surface area contributed by atoms with Gasteiger partial charge in [0, 0.05) is 5.56 Å². The summed E-state index contributed by atoms with van der Waals surface area (Å²) in [7, 11) is 0. The van der Waals surface area contributed by atoms with E-state index >= 15 is 0 Å². The number of phenolic OH excluding ortho intramolecular Hbond substituents is 1. The number of nitrogens with zero attached hydrogens (tertiary/aromatic N) is 3. The Morgan fingerprint density at radius 1 is 0.844 bits per heavy atom. The standard InChI is InChI=1S/C25H19N3O4/c29-20-5-3-4-17(10-20)21-8-9-24(23-7-2-1-6-22(21)23)25(30)28(11-18-13-31-15-26-18)12-19-14-32-16-27-19/h1-10,13-16,29H,11-12H2. The van der Waals surface area contributed by atoms with Gasteiger partial charge in [0.1, 0.15) is 18.3 Å². The Labute approximate surface area is 183 Å². The largest absolute Gasteiger partial charge is 0.508 e. The minimum absolute atomic E-state index is 0.158. The van der Waals surface area contributed by atoms with Crippen LogP contribution in [0.5, 0.6) is 5.75 Å². The van der Waals surface area contributed by atoms with Crippen molar-refractivity contribution in [2.75, 3.05) is 0 Å². The van der Waals surface area contributed by atoms with E-state index in [1.54, 1.807) is 23.1 Å². The van der Waals surface area contributed by atoms with Crippen LogP contribution in [-0.2, 0) is 13.1 Å². The molecule has 3 aromatic carbocycles. The minimum Gasteiger partial charge on any atom is -0.508 e. The normalized spacial score (nSPS) is 11.0. The van der Waals surface area contributed by atoms with Gasteiger partial charge in [-0.25, -0.2) is 9.97 Å². The molecule has 1 N–H and O–H groups in total. The number of rotatable bonds is 6. The molecule has 0 aliphatic heterocycles. The van der Waals surface area contributed by atoms with Crippen molar-refractivity contribution in [3.63, 3.8) is 0 Å². The highest BCUT2D eigenvalue weighted by Crippen LogP contribution is 2.33. The highest BCUT2D eigenvalue weighted by atomic mass is 16.3. The zero-order chi connectivity index (χ0) is 21.9. The Kier molecular flexibility index (Phi) is 5.13. The van der Waals surface area contributed by atoms with Crippen LogP contribution in [0.25, 0.3) is 21.9 Å². The predicted molar refractivity (Wildman–Crippen MR) is 118 cm³/mol. The first kappa shape index (κ1) is 19.6. The third kappa shape index (κ3) is 3.83. The Morgan fingerprint density at radius 3 is 2.16 bits per heavy atom. The second-order valence-corrected chi connectivity index (χ2v) is 7.38. The summed E-state index contributed by atoms with van der Waals surface area (Å²) in [5.41, 5.74) is 3.66. The van der Waals surface area contributed by atoms with Crippen molar-refractivity contribution >= 4 is 16.7 Å². The van der Waals surface area contributed by atoms with Crippen LogP contribution in [0, 0.1) is 0 Å². The van der Waals surface area contributed by atoms with E-state index < -0.39 is 0 Å². The lowest BCUT2D eigenvalue weighted by Crippen LogP contribution is -2.30. The van der Waals surface area contributed by atoms with E-state index in [4.69, 9.17) is 8.83 Å². The number of benzene rings is 3. The van der Waals surface area contributed by atoms with Gasteiger partial charge >= 0.3 is 0 Å². The fraction of sp³-hybridized carbons (Fsp3) is 0.0800. The second kappa shape index (κ2) is 8.39. The number of fused-ring (bicyclic) bond motifs is 1. The number of amides is 1. The van der Waals surface area contributed by atoms with Crippen molar-refractivity contribution < 1.29 is 18.7 Å². The molecule has 0 saturated carbocycles. The predicted octanol–water partition coefficient (Wildman–Crippen LogP) is 5.03. The molecule has 0 aliphatic carbocycles. The van der Waals surface area contributed by atoms with Gasteiger partial charge in [0.05, 0.1) is 24.5 Å². The van der Waals surface area contributed by atoms with E-state index in [0.29, 0.717) is 17.0 Å². The second-order valence-electron chi connectivity index (χ2n) is 7.38. The molecule has 5 aromatic rings. The Bertz CT molecular complexity index is 1330. The van der Waals surface area contributed by atoms with Crippen molar-refractivity contribution in [3.05, 3.63) is 103 Å². The first-order valence-electron chi connectivity index (χ1n) is 10.0. The topological polar surface area (TPSA) is 92.6 Å². The lowest BCUT2D eigenvalue weighted by molar-refractivity contribution is 0.0727. The maximum atomic E-state index is 13.7. The third-order valence-corrected chi connectivity index (χ3v) is 5.27. The van der Waals surface area contributed by atoms with Gasteiger partial charge in [0.15, 0.2) is 12.8 Å². The lowest BCUT2D eigenvalue weighted by atomic mass is 9.94. The summed E-state index contributed by atoms with van der Waals surface area (Å²) < 4.78 is 10.2. The summed E-state index contributed by atoms with van der Waals surface area (Å²) in [6.45, 7) is 0.537. The number of aromatic hydroxyl groups is 1. The third-order valence-electron chi connectivity index (χ3n) is 5.27. The monoisotopic (exact) mass is 425 g/mol. The average molecular weight is 425 g/mol. The SMILES string of the molecule is O=C(c1ccc(-c2cccc(O)c2)c2ccccc12)N(Cc1cocn1)Cc1cocn1. The molecule has 0 atom stereocenters. The van der Waals surface area contributed by atoms with E-state index in [-0.39, 0.29) is 24.7 Å². The van der Waals surface area contributed by atoms with E-state index in [1.165, 1.54) is 25.3 Å². The summed E-state index contributed by atoms with van der Waals surface area (Å²) in [6, 6.07) is 18.6. The molecule has 0 spiro atoms. The van der Waals surface area contributed by atoms with Gasteiger partial charge < -0.3 is 18.8 Å². The Morgan fingerprint density at radius 2 is 1.53 bits per heavy atom. The average Bonchev–Trinajstić information content (AvgIpc) is 3.52.